The molecule has 218 valence electrons. The number of benzene rings is 3. The van der Waals surface area contributed by atoms with Gasteiger partial charge < -0.3 is 19.7 Å². The molecule has 0 aliphatic carbocycles. The maximum atomic E-state index is 14.8. The molecule has 0 aromatic heterocycles. The van der Waals surface area contributed by atoms with Crippen LogP contribution in [0.5, 0.6) is 11.5 Å². The molecule has 0 saturated carbocycles. The Kier molecular flexibility index (Phi) is 9.49. The van der Waals surface area contributed by atoms with Crippen LogP contribution in [0, 0.1) is 11.7 Å². The minimum Gasteiger partial charge on any atom is -0.454 e. The van der Waals surface area contributed by atoms with Crippen LogP contribution in [0.25, 0.3) is 0 Å². The number of amides is 2. The number of nitrogens with zero attached hydrogens (tertiary/aromatic N) is 2. The molecule has 0 spiro atoms. The molecule has 1 N–H and O–H groups in total. The van der Waals surface area contributed by atoms with E-state index in [1.165, 1.54) is 35.2 Å². The van der Waals surface area contributed by atoms with Gasteiger partial charge in [0.25, 0.3) is 0 Å². The fourth-order valence-electron chi connectivity index (χ4n) is 4.44. The van der Waals surface area contributed by atoms with Crippen LogP contribution in [-0.4, -0.2) is 57.3 Å². The average molecular weight is 584 g/mol. The van der Waals surface area contributed by atoms with E-state index in [1.807, 2.05) is 44.2 Å². The third-order valence-electron chi connectivity index (χ3n) is 6.58. The zero-order valence-corrected chi connectivity index (χ0v) is 24.1. The van der Waals surface area contributed by atoms with Gasteiger partial charge in [-0.15, -0.1) is 0 Å². The molecule has 0 saturated heterocycles. The van der Waals surface area contributed by atoms with Crippen LogP contribution >= 0.6 is 0 Å². The number of hydrogen-bond donors (Lipinski definition) is 1. The Bertz CT molecular complexity index is 1480. The summed E-state index contributed by atoms with van der Waals surface area (Å²) in [5.74, 6) is -0.666. The maximum absolute atomic E-state index is 14.8. The predicted octanol–water partition coefficient (Wildman–Crippen LogP) is 3.73. The molecule has 2 amide bonds. The van der Waals surface area contributed by atoms with E-state index in [1.54, 1.807) is 12.1 Å². The fraction of sp³-hybridized carbons (Fsp3) is 0.333. The van der Waals surface area contributed by atoms with Crippen molar-refractivity contribution in [3.63, 3.8) is 0 Å². The van der Waals surface area contributed by atoms with Gasteiger partial charge in [0.2, 0.25) is 28.6 Å². The molecule has 0 radical (unpaired) electrons. The summed E-state index contributed by atoms with van der Waals surface area (Å²) in [6, 6.07) is 18.7. The molecule has 0 unspecified atom stereocenters. The Morgan fingerprint density at radius 2 is 1.66 bits per heavy atom. The van der Waals surface area contributed by atoms with Crippen molar-refractivity contribution in [3.8, 4) is 11.5 Å². The Balaban J connectivity index is 1.73. The third-order valence-corrected chi connectivity index (χ3v) is 7.72. The lowest BCUT2D eigenvalue weighted by atomic mass is 10.0. The largest absolute Gasteiger partial charge is 0.454 e. The van der Waals surface area contributed by atoms with E-state index in [9.17, 15) is 22.4 Å². The third kappa shape index (κ3) is 7.75. The van der Waals surface area contributed by atoms with Crippen LogP contribution in [0.4, 0.5) is 10.1 Å². The minimum atomic E-state index is -3.96. The highest BCUT2D eigenvalue weighted by Crippen LogP contribution is 2.36. The summed E-state index contributed by atoms with van der Waals surface area (Å²) in [6.07, 6.45) is 1.14. The van der Waals surface area contributed by atoms with E-state index in [4.69, 9.17) is 9.47 Å². The monoisotopic (exact) mass is 583 g/mol. The van der Waals surface area contributed by atoms with E-state index >= 15 is 0 Å². The number of halogens is 1. The molecule has 11 heteroatoms. The molecule has 1 aliphatic rings. The van der Waals surface area contributed by atoms with Crippen LogP contribution in [0.2, 0.25) is 0 Å². The predicted molar refractivity (Wildman–Crippen MR) is 153 cm³/mol. The average Bonchev–Trinajstić information content (AvgIpc) is 3.41. The van der Waals surface area contributed by atoms with Gasteiger partial charge in [0.05, 0.1) is 11.9 Å². The lowest BCUT2D eigenvalue weighted by Crippen LogP contribution is -2.53. The molecule has 1 heterocycles. The van der Waals surface area contributed by atoms with Gasteiger partial charge in [-0.25, -0.2) is 12.8 Å². The van der Waals surface area contributed by atoms with Gasteiger partial charge in [0.1, 0.15) is 18.4 Å². The Morgan fingerprint density at radius 1 is 0.976 bits per heavy atom. The number of hydrogen-bond acceptors (Lipinski definition) is 6. The van der Waals surface area contributed by atoms with Crippen molar-refractivity contribution in [1.29, 1.82) is 0 Å². The first-order chi connectivity index (χ1) is 19.5. The number of sulfonamides is 1. The maximum Gasteiger partial charge on any atom is 0.244 e. The van der Waals surface area contributed by atoms with E-state index in [0.717, 1.165) is 16.1 Å². The highest BCUT2D eigenvalue weighted by molar-refractivity contribution is 7.92. The summed E-state index contributed by atoms with van der Waals surface area (Å²) in [5, 5.41) is 2.89. The number of rotatable bonds is 12. The molecule has 0 bridgehead atoms. The van der Waals surface area contributed by atoms with Gasteiger partial charge in [0, 0.05) is 31.1 Å². The Labute approximate surface area is 239 Å². The SMILES string of the molecule is CC(C)CNC(=O)[C@@H](Cc1ccccc1)N(Cc1ccccc1F)C(=O)CN(c1ccc2c(c1)OCO2)S(C)(=O)=O. The van der Waals surface area contributed by atoms with Gasteiger partial charge in [-0.05, 0) is 29.7 Å². The quantitative estimate of drug-likeness (QED) is 0.349. The Morgan fingerprint density at radius 3 is 2.34 bits per heavy atom. The van der Waals surface area contributed by atoms with Gasteiger partial charge in [-0.1, -0.05) is 62.4 Å². The second-order valence-electron chi connectivity index (χ2n) is 10.3. The molecular weight excluding hydrogens is 549 g/mol. The van der Waals surface area contributed by atoms with Crippen LogP contribution < -0.4 is 19.1 Å². The molecule has 1 aliphatic heterocycles. The smallest absolute Gasteiger partial charge is 0.244 e. The molecule has 4 rings (SSSR count). The number of carbonyl (C=O) groups is 2. The molecule has 9 nitrogen and oxygen atoms in total. The summed E-state index contributed by atoms with van der Waals surface area (Å²) in [7, 11) is -3.96. The fourth-order valence-corrected chi connectivity index (χ4v) is 5.28. The topological polar surface area (TPSA) is 105 Å². The van der Waals surface area contributed by atoms with Crippen molar-refractivity contribution in [2.75, 3.05) is 30.4 Å². The standard InChI is InChI=1S/C30H34FN3O6S/c1-21(2)17-32-30(36)26(15-22-9-5-4-6-10-22)33(18-23-11-7-8-12-25(23)31)29(35)19-34(41(3,37)38)24-13-14-27-28(16-24)40-20-39-27/h4-14,16,21,26H,15,17-20H2,1-3H3,(H,32,36)/t26-/m1/s1. The van der Waals surface area contributed by atoms with E-state index in [2.05, 4.69) is 5.32 Å². The summed E-state index contributed by atoms with van der Waals surface area (Å²) in [4.78, 5) is 28.9. The second-order valence-corrected chi connectivity index (χ2v) is 12.2. The van der Waals surface area contributed by atoms with Crippen molar-refractivity contribution < 1.29 is 31.9 Å². The zero-order chi connectivity index (χ0) is 29.6. The molecule has 1 atom stereocenters. The first kappa shape index (κ1) is 29.9. The van der Waals surface area contributed by atoms with Crippen LogP contribution in [0.15, 0.2) is 72.8 Å². The van der Waals surface area contributed by atoms with E-state index in [-0.39, 0.29) is 36.9 Å². The zero-order valence-electron chi connectivity index (χ0n) is 23.2. The van der Waals surface area contributed by atoms with Gasteiger partial charge in [-0.3, -0.25) is 13.9 Å². The first-order valence-corrected chi connectivity index (χ1v) is 15.1. The van der Waals surface area contributed by atoms with Crippen molar-refractivity contribution in [2.45, 2.75) is 32.9 Å². The number of nitrogens with one attached hydrogen (secondary N) is 1. The van der Waals surface area contributed by atoms with Crippen molar-refractivity contribution in [3.05, 3.63) is 89.7 Å². The summed E-state index contributed by atoms with van der Waals surface area (Å²) < 4.78 is 52.3. The molecule has 41 heavy (non-hydrogen) atoms. The van der Waals surface area contributed by atoms with E-state index in [0.29, 0.717) is 18.0 Å². The molecule has 0 fully saturated rings. The number of ether oxygens (including phenoxy) is 2. The molecule has 3 aromatic carbocycles. The first-order valence-electron chi connectivity index (χ1n) is 13.2. The normalized spacial score (nSPS) is 13.1. The van der Waals surface area contributed by atoms with E-state index < -0.39 is 40.2 Å². The summed E-state index contributed by atoms with van der Waals surface area (Å²) in [6.45, 7) is 3.42. The lowest BCUT2D eigenvalue weighted by molar-refractivity contribution is -0.140. The highest BCUT2D eigenvalue weighted by Gasteiger charge is 2.34. The van der Waals surface area contributed by atoms with Gasteiger partial charge >= 0.3 is 0 Å². The summed E-state index contributed by atoms with van der Waals surface area (Å²) >= 11 is 0. The lowest BCUT2D eigenvalue weighted by Gasteiger charge is -2.33. The van der Waals surface area contributed by atoms with Crippen molar-refractivity contribution in [1.82, 2.24) is 10.2 Å². The Hall–Kier alpha value is -4.12. The summed E-state index contributed by atoms with van der Waals surface area (Å²) in [5.41, 5.74) is 1.18. The van der Waals surface area contributed by atoms with Crippen LogP contribution in [0.3, 0.4) is 0 Å². The number of anilines is 1. The minimum absolute atomic E-state index is 0.000333. The van der Waals surface area contributed by atoms with Gasteiger partial charge in [-0.2, -0.15) is 0 Å². The van der Waals surface area contributed by atoms with Crippen LogP contribution in [0.1, 0.15) is 25.0 Å². The highest BCUT2D eigenvalue weighted by atomic mass is 32.2. The van der Waals surface area contributed by atoms with Crippen LogP contribution in [-0.2, 0) is 32.6 Å². The second kappa shape index (κ2) is 13.0. The molecular formula is C30H34FN3O6S. The number of fused-ring (bicyclic) bond motifs is 1. The number of carbonyl (C=O) groups excluding carboxylic acids is 2. The van der Waals surface area contributed by atoms with Crippen molar-refractivity contribution in [2.24, 2.45) is 5.92 Å². The molecule has 3 aromatic rings. The van der Waals surface area contributed by atoms with Gasteiger partial charge in [0.15, 0.2) is 11.5 Å². The van der Waals surface area contributed by atoms with Crippen molar-refractivity contribution >= 4 is 27.5 Å².